The monoisotopic (exact) mass is 332 g/mol. The van der Waals surface area contributed by atoms with Crippen LogP contribution in [0.1, 0.15) is 43.6 Å². The highest BCUT2D eigenvalue weighted by Gasteiger charge is 2.52. The molecule has 0 N–H and O–H groups in total. The lowest BCUT2D eigenvalue weighted by Gasteiger charge is -2.32. The molecule has 3 rings (SSSR count). The molecule has 2 aliphatic heterocycles. The SMILES string of the molecule is COC(=O)c1ccc2c(c1)SCC=C2B1OC(C)(C)C(C)(C)O1. The average molecular weight is 332 g/mol. The van der Waals surface area contributed by atoms with Crippen molar-refractivity contribution in [3.63, 3.8) is 0 Å². The minimum atomic E-state index is -0.386. The predicted molar refractivity (Wildman–Crippen MR) is 92.6 cm³/mol. The third-order valence-electron chi connectivity index (χ3n) is 4.76. The van der Waals surface area contributed by atoms with E-state index in [-0.39, 0.29) is 24.3 Å². The highest BCUT2D eigenvalue weighted by Crippen LogP contribution is 2.43. The maximum atomic E-state index is 11.7. The summed E-state index contributed by atoms with van der Waals surface area (Å²) >= 11 is 1.70. The Morgan fingerprint density at radius 2 is 1.87 bits per heavy atom. The van der Waals surface area contributed by atoms with Crippen LogP contribution in [0.25, 0.3) is 5.47 Å². The molecule has 122 valence electrons. The molecule has 4 nitrogen and oxygen atoms in total. The van der Waals surface area contributed by atoms with Crippen LogP contribution in [0.3, 0.4) is 0 Å². The van der Waals surface area contributed by atoms with Gasteiger partial charge in [0.2, 0.25) is 0 Å². The van der Waals surface area contributed by atoms with Gasteiger partial charge in [0.1, 0.15) is 0 Å². The van der Waals surface area contributed by atoms with Gasteiger partial charge < -0.3 is 14.0 Å². The van der Waals surface area contributed by atoms with Crippen molar-refractivity contribution in [2.45, 2.75) is 43.8 Å². The zero-order valence-electron chi connectivity index (χ0n) is 14.1. The molecule has 0 aliphatic carbocycles. The fourth-order valence-corrected chi connectivity index (χ4v) is 3.64. The van der Waals surface area contributed by atoms with E-state index in [0.717, 1.165) is 21.7 Å². The average Bonchev–Trinajstić information content (AvgIpc) is 2.73. The van der Waals surface area contributed by atoms with E-state index in [4.69, 9.17) is 14.0 Å². The van der Waals surface area contributed by atoms with E-state index >= 15 is 0 Å². The van der Waals surface area contributed by atoms with Crippen LogP contribution >= 0.6 is 11.8 Å². The van der Waals surface area contributed by atoms with Gasteiger partial charge >= 0.3 is 13.1 Å². The molecule has 0 amide bonds. The summed E-state index contributed by atoms with van der Waals surface area (Å²) in [6, 6.07) is 5.62. The lowest BCUT2D eigenvalue weighted by molar-refractivity contribution is 0.00578. The van der Waals surface area contributed by atoms with Gasteiger partial charge in [-0.3, -0.25) is 0 Å². The number of hydrogen-bond donors (Lipinski definition) is 0. The topological polar surface area (TPSA) is 44.8 Å². The first-order chi connectivity index (χ1) is 10.7. The van der Waals surface area contributed by atoms with Gasteiger partial charge in [0.25, 0.3) is 0 Å². The normalized spacial score (nSPS) is 21.6. The Morgan fingerprint density at radius 3 is 2.48 bits per heavy atom. The third kappa shape index (κ3) is 2.84. The highest BCUT2D eigenvalue weighted by atomic mass is 32.2. The molecule has 1 aromatic rings. The second-order valence-corrected chi connectivity index (χ2v) is 7.82. The van der Waals surface area contributed by atoms with Gasteiger partial charge in [-0.25, -0.2) is 4.79 Å². The second kappa shape index (κ2) is 5.69. The number of thioether (sulfide) groups is 1. The van der Waals surface area contributed by atoms with E-state index in [9.17, 15) is 4.79 Å². The fourth-order valence-electron chi connectivity index (χ4n) is 2.65. The van der Waals surface area contributed by atoms with Crippen molar-refractivity contribution in [3.05, 3.63) is 35.4 Å². The van der Waals surface area contributed by atoms with E-state index in [1.165, 1.54) is 7.11 Å². The quantitative estimate of drug-likeness (QED) is 0.612. The lowest BCUT2D eigenvalue weighted by atomic mass is 9.73. The molecular formula is C17H21BO4S. The number of carbonyl (C=O) groups excluding carboxylic acids is 1. The zero-order chi connectivity index (χ0) is 16.8. The molecule has 0 spiro atoms. The number of methoxy groups -OCH3 is 1. The number of carbonyl (C=O) groups is 1. The Kier molecular flexibility index (Phi) is 4.11. The molecule has 0 atom stereocenters. The van der Waals surface area contributed by atoms with Crippen LogP contribution in [0, 0.1) is 0 Å². The second-order valence-electron chi connectivity index (χ2n) is 6.76. The molecule has 0 radical (unpaired) electrons. The van der Waals surface area contributed by atoms with Gasteiger partial charge in [-0.05, 0) is 50.9 Å². The molecule has 0 aromatic heterocycles. The Labute approximate surface area is 141 Å². The van der Waals surface area contributed by atoms with Gasteiger partial charge in [0.05, 0.1) is 23.9 Å². The van der Waals surface area contributed by atoms with Crippen LogP contribution < -0.4 is 0 Å². The standard InChI is InChI=1S/C17H21BO4S/c1-16(2)17(3,4)22-18(21-16)13-8-9-23-14-10-11(15(19)20-5)6-7-12(13)14/h6-8,10H,9H2,1-5H3. The molecule has 2 aliphatic rings. The number of esters is 1. The van der Waals surface area contributed by atoms with Crippen molar-refractivity contribution >= 4 is 30.3 Å². The Hall–Kier alpha value is -1.24. The summed E-state index contributed by atoms with van der Waals surface area (Å²) in [6.07, 6.45) is 2.15. The lowest BCUT2D eigenvalue weighted by Crippen LogP contribution is -2.41. The minimum absolute atomic E-state index is 0.319. The van der Waals surface area contributed by atoms with E-state index in [1.54, 1.807) is 17.8 Å². The summed E-state index contributed by atoms with van der Waals surface area (Å²) in [4.78, 5) is 12.8. The summed E-state index contributed by atoms with van der Waals surface area (Å²) in [7, 11) is 1.01. The Bertz CT molecular complexity index is 665. The van der Waals surface area contributed by atoms with Crippen LogP contribution in [0.2, 0.25) is 0 Å². The van der Waals surface area contributed by atoms with Crippen molar-refractivity contribution in [2.24, 2.45) is 0 Å². The van der Waals surface area contributed by atoms with E-state index in [1.807, 2.05) is 39.8 Å². The van der Waals surface area contributed by atoms with Crippen LogP contribution in [-0.4, -0.2) is 37.2 Å². The van der Waals surface area contributed by atoms with Crippen LogP contribution in [-0.2, 0) is 14.0 Å². The molecule has 0 bridgehead atoms. The summed E-state index contributed by atoms with van der Waals surface area (Å²) in [5, 5.41) is 0. The summed E-state index contributed by atoms with van der Waals surface area (Å²) in [6.45, 7) is 8.19. The van der Waals surface area contributed by atoms with Crippen LogP contribution in [0.4, 0.5) is 0 Å². The van der Waals surface area contributed by atoms with Crippen molar-refractivity contribution in [3.8, 4) is 0 Å². The third-order valence-corrected chi connectivity index (χ3v) is 5.75. The van der Waals surface area contributed by atoms with Gasteiger partial charge in [0, 0.05) is 10.6 Å². The summed E-state index contributed by atoms with van der Waals surface area (Å²) < 4.78 is 17.1. The van der Waals surface area contributed by atoms with Crippen LogP contribution in [0.5, 0.6) is 0 Å². The first-order valence-corrected chi connectivity index (χ1v) is 8.65. The molecule has 23 heavy (non-hydrogen) atoms. The number of rotatable bonds is 2. The Balaban J connectivity index is 1.93. The number of hydrogen-bond acceptors (Lipinski definition) is 5. The molecule has 1 fully saturated rings. The van der Waals surface area contributed by atoms with Crippen molar-refractivity contribution in [1.82, 2.24) is 0 Å². The van der Waals surface area contributed by atoms with Crippen molar-refractivity contribution < 1.29 is 18.8 Å². The number of ether oxygens (including phenoxy) is 1. The first kappa shape index (κ1) is 16.6. The van der Waals surface area contributed by atoms with Gasteiger partial charge in [0.15, 0.2) is 0 Å². The molecule has 6 heteroatoms. The fraction of sp³-hybridized carbons (Fsp3) is 0.471. The molecular weight excluding hydrogens is 311 g/mol. The van der Waals surface area contributed by atoms with Crippen molar-refractivity contribution in [1.29, 1.82) is 0 Å². The zero-order valence-corrected chi connectivity index (χ0v) is 15.0. The highest BCUT2D eigenvalue weighted by molar-refractivity contribution is 7.99. The van der Waals surface area contributed by atoms with Crippen LogP contribution in [0.15, 0.2) is 29.2 Å². The minimum Gasteiger partial charge on any atom is -0.465 e. The number of fused-ring (bicyclic) bond motifs is 1. The predicted octanol–water partition coefficient (Wildman–Crippen LogP) is 3.59. The molecule has 0 saturated carbocycles. The van der Waals surface area contributed by atoms with Gasteiger partial charge in [-0.2, -0.15) is 0 Å². The molecule has 1 aromatic carbocycles. The smallest absolute Gasteiger partial charge is 0.465 e. The first-order valence-electron chi connectivity index (χ1n) is 7.66. The van der Waals surface area contributed by atoms with Gasteiger partial charge in [-0.15, -0.1) is 11.8 Å². The maximum Gasteiger partial charge on any atom is 0.495 e. The summed E-state index contributed by atoms with van der Waals surface area (Å²) in [5.74, 6) is 0.511. The molecule has 2 heterocycles. The van der Waals surface area contributed by atoms with E-state index in [2.05, 4.69) is 6.08 Å². The van der Waals surface area contributed by atoms with E-state index < -0.39 is 0 Å². The number of benzene rings is 1. The van der Waals surface area contributed by atoms with Gasteiger partial charge in [-0.1, -0.05) is 12.1 Å². The molecule has 1 saturated heterocycles. The maximum absolute atomic E-state index is 11.7. The Morgan fingerprint density at radius 1 is 1.22 bits per heavy atom. The molecule has 0 unspecified atom stereocenters. The summed E-state index contributed by atoms with van der Waals surface area (Å²) in [5.41, 5.74) is 1.93. The van der Waals surface area contributed by atoms with Crippen molar-refractivity contribution in [2.75, 3.05) is 12.9 Å². The van der Waals surface area contributed by atoms with E-state index in [0.29, 0.717) is 5.56 Å². The largest absolute Gasteiger partial charge is 0.495 e.